The molecule has 90 valence electrons. The molecule has 0 saturated heterocycles. The van der Waals surface area contributed by atoms with Gasteiger partial charge in [0.25, 0.3) is 0 Å². The Kier molecular flexibility index (Phi) is 2.47. The second-order valence-corrected chi connectivity index (χ2v) is 4.36. The van der Waals surface area contributed by atoms with Crippen molar-refractivity contribution in [2.45, 2.75) is 12.8 Å². The topological polar surface area (TPSA) is 17.1 Å². The largest absolute Gasteiger partial charge is 0.289 e. The summed E-state index contributed by atoms with van der Waals surface area (Å²) in [6.07, 6.45) is 0.698. The van der Waals surface area contributed by atoms with Crippen LogP contribution in [0.5, 0.6) is 0 Å². The maximum absolute atomic E-state index is 13.7. The van der Waals surface area contributed by atoms with Gasteiger partial charge in [-0.3, -0.25) is 4.79 Å². The van der Waals surface area contributed by atoms with Crippen molar-refractivity contribution in [2.24, 2.45) is 0 Å². The molecule has 3 rings (SSSR count). The minimum absolute atomic E-state index is 0.295. The van der Waals surface area contributed by atoms with Crippen LogP contribution in [0.4, 0.5) is 8.78 Å². The smallest absolute Gasteiger partial charge is 0.193 e. The first-order valence-corrected chi connectivity index (χ1v) is 5.78. The first kappa shape index (κ1) is 11.1. The van der Waals surface area contributed by atoms with Gasteiger partial charge in [-0.15, -0.1) is 0 Å². The van der Waals surface area contributed by atoms with E-state index in [4.69, 9.17) is 0 Å². The first-order chi connectivity index (χ1) is 8.68. The fourth-order valence-electron chi connectivity index (χ4n) is 2.45. The summed E-state index contributed by atoms with van der Waals surface area (Å²) < 4.78 is 27.4. The minimum atomic E-state index is -0.394. The zero-order valence-corrected chi connectivity index (χ0v) is 9.54. The van der Waals surface area contributed by atoms with Crippen LogP contribution in [0.3, 0.4) is 0 Å². The van der Waals surface area contributed by atoms with E-state index in [0.717, 1.165) is 0 Å². The molecule has 0 amide bonds. The molecule has 0 radical (unpaired) electrons. The highest BCUT2D eigenvalue weighted by Crippen LogP contribution is 2.27. The molecule has 0 N–H and O–H groups in total. The Labute approximate surface area is 103 Å². The molecule has 0 atom stereocenters. The molecule has 0 unspecified atom stereocenters. The van der Waals surface area contributed by atoms with E-state index in [1.807, 2.05) is 0 Å². The summed E-state index contributed by atoms with van der Waals surface area (Å²) >= 11 is 0. The van der Waals surface area contributed by atoms with Crippen LogP contribution in [0.2, 0.25) is 0 Å². The van der Waals surface area contributed by atoms with Gasteiger partial charge in [0.05, 0.1) is 0 Å². The van der Waals surface area contributed by atoms with Crippen LogP contribution in [0, 0.1) is 11.6 Å². The number of halogens is 2. The summed E-state index contributed by atoms with van der Waals surface area (Å²) in [5, 5.41) is 0. The summed E-state index contributed by atoms with van der Waals surface area (Å²) in [4.78, 5) is 12.3. The molecule has 0 fully saturated rings. The molecule has 2 aromatic carbocycles. The number of fused-ring (bicyclic) bond motifs is 2. The van der Waals surface area contributed by atoms with Gasteiger partial charge in [0.1, 0.15) is 11.6 Å². The van der Waals surface area contributed by atoms with Crippen molar-refractivity contribution in [2.75, 3.05) is 0 Å². The lowest BCUT2D eigenvalue weighted by molar-refractivity contribution is 0.103. The van der Waals surface area contributed by atoms with Gasteiger partial charge in [-0.1, -0.05) is 24.3 Å². The van der Waals surface area contributed by atoms with E-state index in [1.165, 1.54) is 24.3 Å². The van der Waals surface area contributed by atoms with Crippen LogP contribution >= 0.6 is 0 Å². The highest BCUT2D eigenvalue weighted by Gasteiger charge is 2.24. The number of benzene rings is 2. The fraction of sp³-hybridized carbons (Fsp3) is 0.133. The van der Waals surface area contributed by atoms with Gasteiger partial charge in [0.15, 0.2) is 5.78 Å². The Morgan fingerprint density at radius 2 is 1.22 bits per heavy atom. The zero-order chi connectivity index (χ0) is 12.7. The fourth-order valence-corrected chi connectivity index (χ4v) is 2.45. The van der Waals surface area contributed by atoms with Crippen LogP contribution in [0.15, 0.2) is 36.4 Å². The van der Waals surface area contributed by atoms with Crippen molar-refractivity contribution in [1.82, 2.24) is 0 Å². The Balaban J connectivity index is 2.25. The average Bonchev–Trinajstić information content (AvgIpc) is 2.51. The Hall–Kier alpha value is -2.03. The van der Waals surface area contributed by atoms with E-state index in [2.05, 4.69) is 0 Å². The molecule has 0 bridgehead atoms. The highest BCUT2D eigenvalue weighted by molar-refractivity contribution is 6.11. The predicted octanol–water partition coefficient (Wildman–Crippen LogP) is 3.29. The molecule has 1 aliphatic carbocycles. The highest BCUT2D eigenvalue weighted by atomic mass is 19.1. The number of ketones is 1. The molecule has 2 aromatic rings. The van der Waals surface area contributed by atoms with Crippen molar-refractivity contribution in [3.63, 3.8) is 0 Å². The van der Waals surface area contributed by atoms with Gasteiger partial charge in [-0.25, -0.2) is 8.78 Å². The first-order valence-electron chi connectivity index (χ1n) is 5.78. The molecule has 0 spiro atoms. The van der Waals surface area contributed by atoms with Crippen LogP contribution in [0.25, 0.3) is 0 Å². The Morgan fingerprint density at radius 3 is 1.67 bits per heavy atom. The summed E-state index contributed by atoms with van der Waals surface area (Å²) in [5.74, 6) is -1.08. The van der Waals surface area contributed by atoms with Gasteiger partial charge in [-0.05, 0) is 36.1 Å². The molecule has 1 nitrogen and oxygen atoms in total. The number of carbonyl (C=O) groups excluding carboxylic acids is 1. The minimum Gasteiger partial charge on any atom is -0.289 e. The van der Waals surface area contributed by atoms with Crippen molar-refractivity contribution < 1.29 is 13.6 Å². The maximum Gasteiger partial charge on any atom is 0.193 e. The van der Waals surface area contributed by atoms with Crippen LogP contribution < -0.4 is 0 Å². The second-order valence-electron chi connectivity index (χ2n) is 4.36. The van der Waals surface area contributed by atoms with E-state index < -0.39 is 11.6 Å². The summed E-state index contributed by atoms with van der Waals surface area (Å²) in [7, 11) is 0. The third-order valence-electron chi connectivity index (χ3n) is 3.35. The standard InChI is InChI=1S/C15H10F2O/c16-13-5-1-3-11-9(13)7-8-10-12(15(11)18)4-2-6-14(10)17/h1-6H,7-8H2. The van der Waals surface area contributed by atoms with Crippen LogP contribution in [-0.4, -0.2) is 5.78 Å². The van der Waals surface area contributed by atoms with E-state index >= 15 is 0 Å². The molecule has 0 aliphatic heterocycles. The van der Waals surface area contributed by atoms with Gasteiger partial charge >= 0.3 is 0 Å². The third kappa shape index (κ3) is 1.55. The maximum atomic E-state index is 13.7. The lowest BCUT2D eigenvalue weighted by Gasteiger charge is -2.05. The summed E-state index contributed by atoms with van der Waals surface area (Å²) in [6, 6.07) is 8.88. The zero-order valence-electron chi connectivity index (χ0n) is 9.54. The van der Waals surface area contributed by atoms with Gasteiger partial charge in [0, 0.05) is 11.1 Å². The van der Waals surface area contributed by atoms with Crippen molar-refractivity contribution in [1.29, 1.82) is 0 Å². The molecule has 1 aliphatic rings. The Morgan fingerprint density at radius 1 is 0.778 bits per heavy atom. The van der Waals surface area contributed by atoms with Gasteiger partial charge in [0.2, 0.25) is 0 Å². The number of hydrogen-bond acceptors (Lipinski definition) is 1. The molecule has 0 heterocycles. The van der Waals surface area contributed by atoms with E-state index in [1.54, 1.807) is 12.1 Å². The van der Waals surface area contributed by atoms with Crippen LogP contribution in [0.1, 0.15) is 27.0 Å². The molecule has 0 saturated carbocycles. The lowest BCUT2D eigenvalue weighted by Crippen LogP contribution is -2.05. The molecule has 0 aromatic heterocycles. The number of carbonyl (C=O) groups is 1. The average molecular weight is 244 g/mol. The number of rotatable bonds is 0. The SMILES string of the molecule is O=C1c2cccc(F)c2CCc2c(F)cccc21. The quantitative estimate of drug-likeness (QED) is 0.695. The predicted molar refractivity (Wildman–Crippen MR) is 63.6 cm³/mol. The van der Waals surface area contributed by atoms with E-state index in [0.29, 0.717) is 35.1 Å². The van der Waals surface area contributed by atoms with Crippen molar-refractivity contribution in [3.05, 3.63) is 70.3 Å². The van der Waals surface area contributed by atoms with Crippen LogP contribution in [-0.2, 0) is 12.8 Å². The second kappa shape index (κ2) is 4.02. The van der Waals surface area contributed by atoms with E-state index in [-0.39, 0.29) is 5.78 Å². The third-order valence-corrected chi connectivity index (χ3v) is 3.35. The lowest BCUT2D eigenvalue weighted by atomic mass is 9.98. The monoisotopic (exact) mass is 244 g/mol. The van der Waals surface area contributed by atoms with Gasteiger partial charge < -0.3 is 0 Å². The molecule has 18 heavy (non-hydrogen) atoms. The molecular weight excluding hydrogens is 234 g/mol. The molecular formula is C15H10F2O. The summed E-state index contributed by atoms with van der Waals surface area (Å²) in [6.45, 7) is 0. The van der Waals surface area contributed by atoms with Crippen molar-refractivity contribution >= 4 is 5.78 Å². The van der Waals surface area contributed by atoms with E-state index in [9.17, 15) is 13.6 Å². The Bertz CT molecular complexity index is 591. The normalized spacial score (nSPS) is 13.8. The summed E-state index contributed by atoms with van der Waals surface area (Å²) in [5.41, 5.74) is 1.47. The van der Waals surface area contributed by atoms with Gasteiger partial charge in [-0.2, -0.15) is 0 Å². The number of hydrogen-bond donors (Lipinski definition) is 0. The molecule has 3 heteroatoms. The van der Waals surface area contributed by atoms with Crippen molar-refractivity contribution in [3.8, 4) is 0 Å².